The number of halogens is 2. The van der Waals surface area contributed by atoms with Crippen molar-refractivity contribution in [2.45, 2.75) is 20.8 Å². The maximum absolute atomic E-state index is 11.1. The summed E-state index contributed by atoms with van der Waals surface area (Å²) in [5.74, 6) is 0.269. The van der Waals surface area contributed by atoms with Crippen LogP contribution in [-0.4, -0.2) is 11.0 Å². The Morgan fingerprint density at radius 3 is 2.16 bits per heavy atom. The van der Waals surface area contributed by atoms with Gasteiger partial charge in [-0.3, -0.25) is 4.79 Å². The quantitative estimate of drug-likeness (QED) is 0.203. The molecule has 1 unspecified atom stereocenters. The number of nitrogens with one attached hydrogen (secondary N) is 2. The van der Waals surface area contributed by atoms with Gasteiger partial charge in [0.15, 0.2) is 20.5 Å². The summed E-state index contributed by atoms with van der Waals surface area (Å²) in [7, 11) is -0.230. The van der Waals surface area contributed by atoms with Crippen LogP contribution in [0.3, 0.4) is 0 Å². The molecule has 0 spiro atoms. The molecule has 2 rings (SSSR count). The second-order valence-corrected chi connectivity index (χ2v) is 6.74. The first-order valence-corrected chi connectivity index (χ1v) is 8.85. The lowest BCUT2D eigenvalue weighted by Gasteiger charge is -2.13. The minimum atomic E-state index is -0.230. The third kappa shape index (κ3) is 5.38. The van der Waals surface area contributed by atoms with Crippen molar-refractivity contribution in [2.75, 3.05) is 10.4 Å². The molecule has 9 heteroatoms. The van der Waals surface area contributed by atoms with E-state index >= 15 is 0 Å². The molecule has 0 aromatic heterocycles. The van der Waals surface area contributed by atoms with Crippen LogP contribution < -0.4 is 15.3 Å². The van der Waals surface area contributed by atoms with Crippen LogP contribution in [0.25, 0.3) is 0 Å². The van der Waals surface area contributed by atoms with Crippen LogP contribution in [0, 0.1) is 13.8 Å². The van der Waals surface area contributed by atoms with Crippen molar-refractivity contribution in [2.24, 2.45) is 0 Å². The second kappa shape index (κ2) is 8.59. The molecule has 134 valence electrons. The number of anilines is 2. The Balaban J connectivity index is 1.95. The molecule has 0 aliphatic heterocycles. The molecule has 1 atom stereocenters. The fourth-order valence-corrected chi connectivity index (χ4v) is 3.05. The molecule has 25 heavy (non-hydrogen) atoms. The minimum absolute atomic E-state index is 0.138. The van der Waals surface area contributed by atoms with Gasteiger partial charge in [0.05, 0.1) is 10.0 Å². The molecule has 0 heterocycles. The van der Waals surface area contributed by atoms with Crippen molar-refractivity contribution in [3.63, 3.8) is 0 Å². The number of rotatable bonds is 6. The lowest BCUT2D eigenvalue weighted by atomic mass is 10.1. The first-order chi connectivity index (χ1) is 11.8. The zero-order chi connectivity index (χ0) is 18.6. The molecular formula is C16H17Cl2N2O4P. The van der Waals surface area contributed by atoms with Gasteiger partial charge in [0.25, 0.3) is 0 Å². The van der Waals surface area contributed by atoms with Gasteiger partial charge in [-0.1, -0.05) is 23.2 Å². The van der Waals surface area contributed by atoms with Crippen molar-refractivity contribution in [3.05, 3.63) is 45.4 Å². The monoisotopic (exact) mass is 402 g/mol. The Hall–Kier alpha value is -1.72. The molecule has 0 aliphatic carbocycles. The molecule has 0 saturated carbocycles. The van der Waals surface area contributed by atoms with Gasteiger partial charge in [-0.25, -0.2) is 0 Å². The standard InChI is InChI=1S/C16H17Cl2N2O4P/c1-8-4-11(19-10(3)21)5-9(2)16(8)23-24-25-20-12-6-13(17)15(22)14(18)7-12/h4-7,20,22,25H,1-3H3,(H,19,21). The molecule has 2 aromatic carbocycles. The summed E-state index contributed by atoms with van der Waals surface area (Å²) in [6.07, 6.45) is 0. The van der Waals surface area contributed by atoms with Crippen LogP contribution in [0.1, 0.15) is 18.1 Å². The van der Waals surface area contributed by atoms with Gasteiger partial charge in [-0.2, -0.15) is 0 Å². The highest BCUT2D eigenvalue weighted by atomic mass is 35.5. The van der Waals surface area contributed by atoms with Crippen molar-refractivity contribution >= 4 is 49.4 Å². The molecule has 0 radical (unpaired) electrons. The van der Waals surface area contributed by atoms with Crippen LogP contribution in [0.2, 0.25) is 10.0 Å². The SMILES string of the molecule is CC(=O)Nc1cc(C)c(OOPNc2cc(Cl)c(O)c(Cl)c2)c(C)c1. The normalized spacial score (nSPS) is 10.9. The number of carbonyl (C=O) groups is 1. The van der Waals surface area contributed by atoms with Gasteiger partial charge in [-0.15, -0.1) is 4.67 Å². The van der Waals surface area contributed by atoms with Crippen molar-refractivity contribution < 1.29 is 19.5 Å². The Bertz CT molecular complexity index is 756. The minimum Gasteiger partial charge on any atom is -0.505 e. The molecule has 0 aliphatic rings. The molecule has 0 fully saturated rings. The largest absolute Gasteiger partial charge is 0.505 e. The first-order valence-electron chi connectivity index (χ1n) is 7.19. The number of benzene rings is 2. The predicted octanol–water partition coefficient (Wildman–Crippen LogP) is 5.21. The topological polar surface area (TPSA) is 79.8 Å². The fraction of sp³-hybridized carbons (Fsp3) is 0.188. The van der Waals surface area contributed by atoms with E-state index in [1.54, 1.807) is 12.1 Å². The Morgan fingerprint density at radius 2 is 1.64 bits per heavy atom. The zero-order valence-corrected chi connectivity index (χ0v) is 16.2. The zero-order valence-electron chi connectivity index (χ0n) is 13.7. The summed E-state index contributed by atoms with van der Waals surface area (Å²) in [6.45, 7) is 5.16. The van der Waals surface area contributed by atoms with E-state index in [2.05, 4.69) is 10.4 Å². The van der Waals surface area contributed by atoms with Gasteiger partial charge in [0, 0.05) is 18.3 Å². The smallest absolute Gasteiger partial charge is 0.221 e. The Morgan fingerprint density at radius 1 is 1.08 bits per heavy atom. The van der Waals surface area contributed by atoms with Crippen molar-refractivity contribution in [3.8, 4) is 11.5 Å². The Labute approximate surface area is 157 Å². The van der Waals surface area contributed by atoms with E-state index in [4.69, 9.17) is 32.8 Å². The number of phenolic OH excluding ortho intramolecular Hbond substituents is 1. The van der Waals surface area contributed by atoms with Crippen molar-refractivity contribution in [1.29, 1.82) is 0 Å². The number of hydrogen-bond acceptors (Lipinski definition) is 5. The number of carbonyl (C=O) groups excluding carboxylic acids is 1. The summed E-state index contributed by atoms with van der Waals surface area (Å²) in [4.78, 5) is 16.5. The molecule has 1 amide bonds. The summed E-state index contributed by atoms with van der Waals surface area (Å²) < 4.78 is 5.20. The summed E-state index contributed by atoms with van der Waals surface area (Å²) >= 11 is 11.7. The summed E-state index contributed by atoms with van der Waals surface area (Å²) in [5.41, 5.74) is 2.93. The Kier molecular flexibility index (Phi) is 6.73. The molecule has 3 N–H and O–H groups in total. The van der Waals surface area contributed by atoms with E-state index in [1.807, 2.05) is 13.8 Å². The lowest BCUT2D eigenvalue weighted by molar-refractivity contribution is -0.114. The van der Waals surface area contributed by atoms with Gasteiger partial charge < -0.3 is 20.4 Å². The third-order valence-electron chi connectivity index (χ3n) is 3.16. The molecule has 0 bridgehead atoms. The maximum atomic E-state index is 11.1. The number of aromatic hydroxyl groups is 1. The highest BCUT2D eigenvalue weighted by Crippen LogP contribution is 2.36. The first kappa shape index (κ1) is 19.6. The lowest BCUT2D eigenvalue weighted by Crippen LogP contribution is -2.06. The summed E-state index contributed by atoms with van der Waals surface area (Å²) in [6, 6.07) is 6.64. The third-order valence-corrected chi connectivity index (χ3v) is 4.29. The van der Waals surface area contributed by atoms with E-state index in [0.29, 0.717) is 17.1 Å². The maximum Gasteiger partial charge on any atom is 0.221 e. The molecule has 0 saturated heterocycles. The van der Waals surface area contributed by atoms with E-state index in [0.717, 1.165) is 11.1 Å². The molecular weight excluding hydrogens is 386 g/mol. The van der Waals surface area contributed by atoms with Crippen LogP contribution in [0.4, 0.5) is 11.4 Å². The van der Waals surface area contributed by atoms with Gasteiger partial charge >= 0.3 is 0 Å². The fourth-order valence-electron chi connectivity index (χ4n) is 2.14. The van der Waals surface area contributed by atoms with Gasteiger partial charge in [0.2, 0.25) is 5.91 Å². The van der Waals surface area contributed by atoms with E-state index in [9.17, 15) is 9.90 Å². The number of amides is 1. The van der Waals surface area contributed by atoms with E-state index < -0.39 is 0 Å². The van der Waals surface area contributed by atoms with E-state index in [1.165, 1.54) is 19.1 Å². The van der Waals surface area contributed by atoms with Crippen LogP contribution in [0.5, 0.6) is 11.5 Å². The molecule has 2 aromatic rings. The highest BCUT2D eigenvalue weighted by molar-refractivity contribution is 7.34. The molecule has 6 nitrogen and oxygen atoms in total. The van der Waals surface area contributed by atoms with Crippen LogP contribution >= 0.6 is 32.2 Å². The highest BCUT2D eigenvalue weighted by Gasteiger charge is 2.10. The average Bonchev–Trinajstić information content (AvgIpc) is 2.50. The predicted molar refractivity (Wildman–Crippen MR) is 102 cm³/mol. The number of aryl methyl sites for hydroxylation is 2. The second-order valence-electron chi connectivity index (χ2n) is 5.30. The van der Waals surface area contributed by atoms with Crippen LogP contribution in [-0.2, 0) is 9.47 Å². The average molecular weight is 403 g/mol. The van der Waals surface area contributed by atoms with Crippen molar-refractivity contribution in [1.82, 2.24) is 0 Å². The van der Waals surface area contributed by atoms with E-state index in [-0.39, 0.29) is 30.7 Å². The van der Waals surface area contributed by atoms with Gasteiger partial charge in [-0.05, 0) is 49.2 Å². The van der Waals surface area contributed by atoms with Crippen LogP contribution in [0.15, 0.2) is 24.3 Å². The number of hydrogen-bond donors (Lipinski definition) is 3. The number of phenols is 1. The summed E-state index contributed by atoms with van der Waals surface area (Å²) in [5, 5.41) is 15.5. The van der Waals surface area contributed by atoms with Gasteiger partial charge in [0.1, 0.15) is 0 Å².